The van der Waals surface area contributed by atoms with Gasteiger partial charge in [0, 0.05) is 12.8 Å². The number of aryl methyl sites for hydroxylation is 2. The maximum atomic E-state index is 11.4. The lowest BCUT2D eigenvalue weighted by Gasteiger charge is -2.09. The molecule has 18 heavy (non-hydrogen) atoms. The molecule has 0 spiro atoms. The van der Waals surface area contributed by atoms with E-state index in [0.29, 0.717) is 18.8 Å². The van der Waals surface area contributed by atoms with Gasteiger partial charge in [-0.3, -0.25) is 4.79 Å². The van der Waals surface area contributed by atoms with Gasteiger partial charge in [0.25, 0.3) is 0 Å². The van der Waals surface area contributed by atoms with Crippen LogP contribution in [0.4, 0.5) is 0 Å². The topological polar surface area (TPSA) is 26.3 Å². The Morgan fingerprint density at radius 1 is 1.22 bits per heavy atom. The largest absolute Gasteiger partial charge is 0.494 e. The van der Waals surface area contributed by atoms with Crippen LogP contribution in [0.5, 0.6) is 5.75 Å². The fourth-order valence-electron chi connectivity index (χ4n) is 2.09. The average molecular weight is 248 g/mol. The average Bonchev–Trinajstić information content (AvgIpc) is 2.33. The van der Waals surface area contributed by atoms with E-state index >= 15 is 0 Å². The molecular formula is C16H24O2. The van der Waals surface area contributed by atoms with Crippen LogP contribution < -0.4 is 4.74 Å². The van der Waals surface area contributed by atoms with Crippen molar-refractivity contribution in [1.29, 1.82) is 0 Å². The molecule has 0 saturated heterocycles. The Hall–Kier alpha value is -1.31. The third kappa shape index (κ3) is 4.91. The molecule has 1 rings (SSSR count). The summed E-state index contributed by atoms with van der Waals surface area (Å²) in [7, 11) is 0. The Bertz CT molecular complexity index is 383. The van der Waals surface area contributed by atoms with Crippen molar-refractivity contribution in [2.75, 3.05) is 6.61 Å². The summed E-state index contributed by atoms with van der Waals surface area (Å²) in [5.41, 5.74) is 2.58. The second kappa shape index (κ2) is 7.91. The number of ether oxygens (including phenoxy) is 1. The second-order valence-corrected chi connectivity index (χ2v) is 4.66. The van der Waals surface area contributed by atoms with E-state index in [2.05, 4.69) is 26.0 Å². The van der Waals surface area contributed by atoms with Gasteiger partial charge < -0.3 is 4.74 Å². The number of hydrogen-bond acceptors (Lipinski definition) is 2. The zero-order valence-corrected chi connectivity index (χ0v) is 11.8. The third-order valence-electron chi connectivity index (χ3n) is 3.06. The summed E-state index contributed by atoms with van der Waals surface area (Å²) < 4.78 is 5.46. The van der Waals surface area contributed by atoms with E-state index in [1.165, 1.54) is 11.1 Å². The molecule has 2 heteroatoms. The van der Waals surface area contributed by atoms with Crippen LogP contribution in [0.1, 0.15) is 50.7 Å². The van der Waals surface area contributed by atoms with Gasteiger partial charge in [-0.1, -0.05) is 13.0 Å². The molecule has 0 aliphatic heterocycles. The van der Waals surface area contributed by atoms with Gasteiger partial charge >= 0.3 is 0 Å². The molecule has 0 fully saturated rings. The van der Waals surface area contributed by atoms with E-state index in [4.69, 9.17) is 4.74 Å². The number of benzene rings is 1. The highest BCUT2D eigenvalue weighted by molar-refractivity contribution is 5.78. The van der Waals surface area contributed by atoms with E-state index in [0.717, 1.165) is 31.4 Å². The first-order valence-electron chi connectivity index (χ1n) is 6.91. The molecule has 0 radical (unpaired) electrons. The minimum atomic E-state index is 0.390. The van der Waals surface area contributed by atoms with Crippen molar-refractivity contribution in [2.45, 2.75) is 52.9 Å². The maximum absolute atomic E-state index is 11.4. The van der Waals surface area contributed by atoms with E-state index < -0.39 is 0 Å². The van der Waals surface area contributed by atoms with E-state index in [9.17, 15) is 4.79 Å². The van der Waals surface area contributed by atoms with Crippen molar-refractivity contribution in [1.82, 2.24) is 0 Å². The van der Waals surface area contributed by atoms with E-state index in [-0.39, 0.29) is 0 Å². The predicted octanol–water partition coefficient (Wildman–Crippen LogP) is 4.09. The highest BCUT2D eigenvalue weighted by Gasteiger charge is 2.04. The van der Waals surface area contributed by atoms with Crippen LogP contribution in [-0.2, 0) is 11.2 Å². The molecular weight excluding hydrogens is 224 g/mol. The minimum absolute atomic E-state index is 0.390. The molecule has 0 bridgehead atoms. The zero-order valence-electron chi connectivity index (χ0n) is 11.8. The number of rotatable bonds is 8. The summed E-state index contributed by atoms with van der Waals surface area (Å²) in [5, 5.41) is 0. The molecule has 0 amide bonds. The number of carbonyl (C=O) groups excluding carboxylic acids is 1. The van der Waals surface area contributed by atoms with E-state index in [1.54, 1.807) is 0 Å². The minimum Gasteiger partial charge on any atom is -0.494 e. The smallest absolute Gasteiger partial charge is 0.132 e. The number of hydrogen-bond donors (Lipinski definition) is 0. The zero-order chi connectivity index (χ0) is 13.4. The molecule has 0 heterocycles. The van der Waals surface area contributed by atoms with Crippen molar-refractivity contribution in [3.63, 3.8) is 0 Å². The standard InChI is InChI=1S/C16H24O2/c1-4-7-15(17)9-6-8-14-10-11-16(18-5-2)12-13(14)3/h10-12H,4-9H2,1-3H3. The molecule has 0 atom stereocenters. The fraction of sp³-hybridized carbons (Fsp3) is 0.562. The van der Waals surface area contributed by atoms with Crippen molar-refractivity contribution in [3.8, 4) is 5.75 Å². The van der Waals surface area contributed by atoms with Gasteiger partial charge in [0.05, 0.1) is 6.61 Å². The van der Waals surface area contributed by atoms with Gasteiger partial charge in [-0.05, 0) is 56.4 Å². The summed E-state index contributed by atoms with van der Waals surface area (Å²) in [6, 6.07) is 6.21. The molecule has 100 valence electrons. The number of Topliss-reactive ketones (excluding diaryl/α,β-unsaturated/α-hetero) is 1. The number of carbonyl (C=O) groups is 1. The van der Waals surface area contributed by atoms with Crippen LogP contribution >= 0.6 is 0 Å². The van der Waals surface area contributed by atoms with Gasteiger partial charge in [0.2, 0.25) is 0 Å². The second-order valence-electron chi connectivity index (χ2n) is 4.66. The Morgan fingerprint density at radius 2 is 2.00 bits per heavy atom. The van der Waals surface area contributed by atoms with Crippen molar-refractivity contribution >= 4 is 5.78 Å². The molecule has 0 aliphatic rings. The maximum Gasteiger partial charge on any atom is 0.132 e. The van der Waals surface area contributed by atoms with Crippen molar-refractivity contribution in [3.05, 3.63) is 29.3 Å². The summed E-state index contributed by atoms with van der Waals surface area (Å²) in [4.78, 5) is 11.4. The Kier molecular flexibility index (Phi) is 6.48. The molecule has 0 unspecified atom stereocenters. The molecule has 2 nitrogen and oxygen atoms in total. The van der Waals surface area contributed by atoms with Gasteiger partial charge in [-0.2, -0.15) is 0 Å². The molecule has 0 N–H and O–H groups in total. The Balaban J connectivity index is 2.45. The molecule has 1 aromatic rings. The summed E-state index contributed by atoms with van der Waals surface area (Å²) in [5.74, 6) is 1.32. The van der Waals surface area contributed by atoms with Crippen LogP contribution in [0.3, 0.4) is 0 Å². The first-order valence-corrected chi connectivity index (χ1v) is 6.91. The Morgan fingerprint density at radius 3 is 2.61 bits per heavy atom. The van der Waals surface area contributed by atoms with Crippen LogP contribution in [0.25, 0.3) is 0 Å². The first kappa shape index (κ1) is 14.7. The molecule has 0 aliphatic carbocycles. The lowest BCUT2D eigenvalue weighted by atomic mass is 10.0. The predicted molar refractivity (Wildman–Crippen MR) is 75.2 cm³/mol. The van der Waals surface area contributed by atoms with Crippen LogP contribution in [0.15, 0.2) is 18.2 Å². The highest BCUT2D eigenvalue weighted by Crippen LogP contribution is 2.19. The first-order chi connectivity index (χ1) is 8.67. The normalized spacial score (nSPS) is 10.4. The van der Waals surface area contributed by atoms with Crippen LogP contribution in [-0.4, -0.2) is 12.4 Å². The van der Waals surface area contributed by atoms with Gasteiger partial charge in [-0.15, -0.1) is 0 Å². The monoisotopic (exact) mass is 248 g/mol. The lowest BCUT2D eigenvalue weighted by molar-refractivity contribution is -0.119. The third-order valence-corrected chi connectivity index (χ3v) is 3.06. The van der Waals surface area contributed by atoms with Gasteiger partial charge in [0.15, 0.2) is 0 Å². The molecule has 0 aromatic heterocycles. The fourth-order valence-corrected chi connectivity index (χ4v) is 2.09. The lowest BCUT2D eigenvalue weighted by Crippen LogP contribution is -1.99. The van der Waals surface area contributed by atoms with Crippen LogP contribution in [0.2, 0.25) is 0 Å². The van der Waals surface area contributed by atoms with Crippen molar-refractivity contribution in [2.24, 2.45) is 0 Å². The Labute approximate surface area is 110 Å². The van der Waals surface area contributed by atoms with E-state index in [1.807, 2.05) is 13.0 Å². The SMILES string of the molecule is CCCC(=O)CCCc1ccc(OCC)cc1C. The summed E-state index contributed by atoms with van der Waals surface area (Å²) in [6.45, 7) is 6.84. The van der Waals surface area contributed by atoms with Gasteiger partial charge in [-0.25, -0.2) is 0 Å². The quantitative estimate of drug-likeness (QED) is 0.692. The van der Waals surface area contributed by atoms with Crippen molar-refractivity contribution < 1.29 is 9.53 Å². The molecule has 1 aromatic carbocycles. The highest BCUT2D eigenvalue weighted by atomic mass is 16.5. The molecule has 0 saturated carbocycles. The summed E-state index contributed by atoms with van der Waals surface area (Å²) >= 11 is 0. The number of ketones is 1. The summed E-state index contributed by atoms with van der Waals surface area (Å²) in [6.07, 6.45) is 4.32. The van der Waals surface area contributed by atoms with Crippen LogP contribution in [0, 0.1) is 6.92 Å². The van der Waals surface area contributed by atoms with Gasteiger partial charge in [0.1, 0.15) is 11.5 Å².